The molecule has 0 bridgehead atoms. The van der Waals surface area contributed by atoms with Crippen molar-refractivity contribution in [1.29, 1.82) is 0 Å². The van der Waals surface area contributed by atoms with Crippen molar-refractivity contribution in [3.05, 3.63) is 27.7 Å². The predicted molar refractivity (Wildman–Crippen MR) is 88.5 cm³/mol. The first-order valence-corrected chi connectivity index (χ1v) is 8.44. The summed E-state index contributed by atoms with van der Waals surface area (Å²) < 4.78 is 7.00. The zero-order valence-electron chi connectivity index (χ0n) is 13.0. The number of ether oxygens (including phenoxy) is 1. The zero-order chi connectivity index (χ0) is 14.7. The van der Waals surface area contributed by atoms with Crippen LogP contribution < -0.4 is 10.1 Å². The van der Waals surface area contributed by atoms with E-state index in [1.165, 1.54) is 15.6 Å². The number of hydrogen-bond donors (Lipinski definition) is 1. The Balaban J connectivity index is 2.02. The second kappa shape index (κ2) is 6.95. The third-order valence-corrected chi connectivity index (χ3v) is 4.64. The Morgan fingerprint density at radius 1 is 1.20 bits per heavy atom. The normalized spacial score (nSPS) is 16.9. The van der Waals surface area contributed by atoms with Crippen molar-refractivity contribution in [3.8, 4) is 5.75 Å². The van der Waals surface area contributed by atoms with Gasteiger partial charge in [-0.15, -0.1) is 0 Å². The van der Waals surface area contributed by atoms with Crippen molar-refractivity contribution in [2.45, 2.75) is 46.6 Å². The molecule has 0 radical (unpaired) electrons. The van der Waals surface area contributed by atoms with E-state index in [-0.39, 0.29) is 0 Å². The Labute approximate surface area is 131 Å². The van der Waals surface area contributed by atoms with Crippen molar-refractivity contribution in [2.75, 3.05) is 13.2 Å². The highest BCUT2D eigenvalue weighted by atomic mass is 79.9. The molecule has 2 nitrogen and oxygen atoms in total. The summed E-state index contributed by atoms with van der Waals surface area (Å²) in [6, 6.07) is 4.98. The van der Waals surface area contributed by atoms with E-state index in [0.717, 1.165) is 31.7 Å². The fourth-order valence-corrected chi connectivity index (χ4v) is 3.22. The van der Waals surface area contributed by atoms with Gasteiger partial charge in [-0.2, -0.15) is 0 Å². The highest BCUT2D eigenvalue weighted by molar-refractivity contribution is 9.10. The van der Waals surface area contributed by atoms with Crippen molar-refractivity contribution >= 4 is 15.9 Å². The third kappa shape index (κ3) is 3.98. The largest absolute Gasteiger partial charge is 0.493 e. The number of halogens is 1. The molecule has 1 aliphatic rings. The molecule has 0 saturated heterocycles. The van der Waals surface area contributed by atoms with Crippen LogP contribution in [0.2, 0.25) is 0 Å². The molecule has 1 aromatic rings. The topological polar surface area (TPSA) is 21.3 Å². The Kier molecular flexibility index (Phi) is 5.50. The summed E-state index contributed by atoms with van der Waals surface area (Å²) in [4.78, 5) is 0. The van der Waals surface area contributed by atoms with Crippen LogP contribution in [0.15, 0.2) is 16.6 Å². The van der Waals surface area contributed by atoms with Gasteiger partial charge in [-0.1, -0.05) is 43.6 Å². The molecule has 0 fully saturated rings. The summed E-state index contributed by atoms with van der Waals surface area (Å²) in [7, 11) is 0. The number of nitrogens with one attached hydrogen (secondary N) is 1. The number of rotatable bonds is 6. The van der Waals surface area contributed by atoms with E-state index in [4.69, 9.17) is 4.74 Å². The van der Waals surface area contributed by atoms with Gasteiger partial charge in [0.05, 0.1) is 6.61 Å². The van der Waals surface area contributed by atoms with Gasteiger partial charge in [0.1, 0.15) is 5.75 Å². The van der Waals surface area contributed by atoms with Gasteiger partial charge >= 0.3 is 0 Å². The van der Waals surface area contributed by atoms with Crippen molar-refractivity contribution in [3.63, 3.8) is 0 Å². The van der Waals surface area contributed by atoms with E-state index in [2.05, 4.69) is 61.1 Å². The Bertz CT molecular complexity index is 459. The van der Waals surface area contributed by atoms with Crippen LogP contribution in [0.5, 0.6) is 5.75 Å². The molecule has 0 aliphatic carbocycles. The lowest BCUT2D eigenvalue weighted by Crippen LogP contribution is -2.31. The van der Waals surface area contributed by atoms with Crippen LogP contribution in [-0.4, -0.2) is 19.2 Å². The van der Waals surface area contributed by atoms with Crippen molar-refractivity contribution in [1.82, 2.24) is 5.32 Å². The standard InChI is InChI=1S/C17H26BrNO/c1-11(2)19-10-13(4)12(3)7-15-9-16(18)8-14-5-6-20-17(14)15/h8-9,11-13,19H,5-7,10H2,1-4H3. The van der Waals surface area contributed by atoms with Gasteiger partial charge in [0.2, 0.25) is 0 Å². The zero-order valence-corrected chi connectivity index (χ0v) is 14.6. The molecule has 112 valence electrons. The first kappa shape index (κ1) is 15.8. The van der Waals surface area contributed by atoms with Crippen LogP contribution in [0.25, 0.3) is 0 Å². The van der Waals surface area contributed by atoms with Gasteiger partial charge in [0.25, 0.3) is 0 Å². The summed E-state index contributed by atoms with van der Waals surface area (Å²) in [6.45, 7) is 11.0. The monoisotopic (exact) mass is 339 g/mol. The summed E-state index contributed by atoms with van der Waals surface area (Å²) in [5.74, 6) is 2.45. The molecule has 0 saturated carbocycles. The number of hydrogen-bond acceptors (Lipinski definition) is 2. The summed E-state index contributed by atoms with van der Waals surface area (Å²) in [6.07, 6.45) is 2.13. The van der Waals surface area contributed by atoms with Crippen LogP contribution in [-0.2, 0) is 12.8 Å². The number of fused-ring (bicyclic) bond motifs is 1. The second-order valence-corrected chi connectivity index (χ2v) is 7.29. The van der Waals surface area contributed by atoms with Gasteiger partial charge < -0.3 is 10.1 Å². The van der Waals surface area contributed by atoms with Gasteiger partial charge in [0, 0.05) is 16.9 Å². The lowest BCUT2D eigenvalue weighted by atomic mass is 9.88. The minimum absolute atomic E-state index is 0.558. The summed E-state index contributed by atoms with van der Waals surface area (Å²) in [5, 5.41) is 3.54. The molecular weight excluding hydrogens is 314 g/mol. The molecule has 2 unspecified atom stereocenters. The average molecular weight is 340 g/mol. The van der Waals surface area contributed by atoms with Crippen LogP contribution in [0.1, 0.15) is 38.8 Å². The Hall–Kier alpha value is -0.540. The molecule has 0 aromatic heterocycles. The van der Waals surface area contributed by atoms with E-state index in [1.807, 2.05) is 0 Å². The van der Waals surface area contributed by atoms with E-state index in [1.54, 1.807) is 0 Å². The maximum Gasteiger partial charge on any atom is 0.125 e. The molecule has 1 aliphatic heterocycles. The molecule has 20 heavy (non-hydrogen) atoms. The molecule has 3 heteroatoms. The van der Waals surface area contributed by atoms with E-state index >= 15 is 0 Å². The van der Waals surface area contributed by atoms with Crippen LogP contribution in [0, 0.1) is 11.8 Å². The van der Waals surface area contributed by atoms with E-state index in [9.17, 15) is 0 Å². The van der Waals surface area contributed by atoms with Crippen molar-refractivity contribution < 1.29 is 4.74 Å². The maximum absolute atomic E-state index is 5.83. The van der Waals surface area contributed by atoms with Crippen LogP contribution >= 0.6 is 15.9 Å². The predicted octanol–water partition coefficient (Wildman–Crippen LogP) is 4.20. The molecule has 1 heterocycles. The molecule has 1 N–H and O–H groups in total. The van der Waals surface area contributed by atoms with Crippen LogP contribution in [0.4, 0.5) is 0 Å². The van der Waals surface area contributed by atoms with Gasteiger partial charge in [0.15, 0.2) is 0 Å². The molecule has 2 rings (SSSR count). The molecule has 1 aromatic carbocycles. The fourth-order valence-electron chi connectivity index (χ4n) is 2.67. The first-order chi connectivity index (χ1) is 9.47. The minimum atomic E-state index is 0.558. The highest BCUT2D eigenvalue weighted by Gasteiger charge is 2.21. The molecule has 2 atom stereocenters. The smallest absolute Gasteiger partial charge is 0.125 e. The van der Waals surface area contributed by atoms with E-state index in [0.29, 0.717) is 17.9 Å². The fraction of sp³-hybridized carbons (Fsp3) is 0.647. The SMILES string of the molecule is CC(C)NCC(C)C(C)Cc1cc(Br)cc2c1OCC2. The first-order valence-electron chi connectivity index (χ1n) is 7.65. The molecular formula is C17H26BrNO. The molecule has 0 amide bonds. The Morgan fingerprint density at radius 2 is 1.95 bits per heavy atom. The minimum Gasteiger partial charge on any atom is -0.493 e. The highest BCUT2D eigenvalue weighted by Crippen LogP contribution is 2.35. The van der Waals surface area contributed by atoms with Gasteiger partial charge in [-0.05, 0) is 48.1 Å². The summed E-state index contributed by atoms with van der Waals surface area (Å²) in [5.41, 5.74) is 2.71. The van der Waals surface area contributed by atoms with Gasteiger partial charge in [-0.3, -0.25) is 0 Å². The quantitative estimate of drug-likeness (QED) is 0.838. The lowest BCUT2D eigenvalue weighted by molar-refractivity contribution is 0.334. The third-order valence-electron chi connectivity index (χ3n) is 4.19. The maximum atomic E-state index is 5.83. The number of benzene rings is 1. The lowest BCUT2D eigenvalue weighted by Gasteiger charge is -2.22. The molecule has 0 spiro atoms. The Morgan fingerprint density at radius 3 is 2.65 bits per heavy atom. The van der Waals surface area contributed by atoms with E-state index < -0.39 is 0 Å². The van der Waals surface area contributed by atoms with Crippen molar-refractivity contribution in [2.24, 2.45) is 11.8 Å². The second-order valence-electron chi connectivity index (χ2n) is 6.37. The van der Waals surface area contributed by atoms with Crippen LogP contribution in [0.3, 0.4) is 0 Å². The van der Waals surface area contributed by atoms with Gasteiger partial charge in [-0.25, -0.2) is 0 Å². The average Bonchev–Trinajstić information content (AvgIpc) is 2.83. The summed E-state index contributed by atoms with van der Waals surface area (Å²) >= 11 is 3.62.